The fourth-order valence-corrected chi connectivity index (χ4v) is 3.73. The van der Waals surface area contributed by atoms with Crippen LogP contribution in [-0.4, -0.2) is 18.9 Å². The van der Waals surface area contributed by atoms with Gasteiger partial charge in [-0.05, 0) is 61.1 Å². The topological polar surface area (TPSA) is 44.8 Å². The van der Waals surface area contributed by atoms with Gasteiger partial charge in [0.1, 0.15) is 11.5 Å². The van der Waals surface area contributed by atoms with E-state index in [2.05, 4.69) is 12.1 Å². The molecule has 154 valence electrons. The molecule has 3 aromatic rings. The second-order valence-corrected chi connectivity index (χ2v) is 7.53. The van der Waals surface area contributed by atoms with Crippen molar-refractivity contribution in [3.8, 4) is 22.6 Å². The molecule has 4 nitrogen and oxygen atoms in total. The maximum Gasteiger partial charge on any atom is 0.314 e. The number of esters is 1. The van der Waals surface area contributed by atoms with E-state index in [0.717, 1.165) is 37.0 Å². The summed E-state index contributed by atoms with van der Waals surface area (Å²) in [5.74, 6) is 1.19. The molecule has 1 aliphatic rings. The van der Waals surface area contributed by atoms with Gasteiger partial charge in [0.25, 0.3) is 0 Å². The Morgan fingerprint density at radius 3 is 1.97 bits per heavy atom. The SMILES string of the molecule is O=C(Oc1ccccc1)C1CCC(OCOc2ccc(-c3ccccc3)cc2)CC1. The van der Waals surface area contributed by atoms with Crippen molar-refractivity contribution in [1.82, 2.24) is 0 Å². The lowest BCUT2D eigenvalue weighted by molar-refractivity contribution is -0.141. The van der Waals surface area contributed by atoms with Crippen LogP contribution in [0, 0.1) is 5.92 Å². The Labute approximate surface area is 177 Å². The van der Waals surface area contributed by atoms with Gasteiger partial charge in [-0.15, -0.1) is 0 Å². The van der Waals surface area contributed by atoms with Crippen molar-refractivity contribution >= 4 is 5.97 Å². The smallest absolute Gasteiger partial charge is 0.314 e. The molecule has 0 radical (unpaired) electrons. The van der Waals surface area contributed by atoms with Crippen LogP contribution in [0.1, 0.15) is 25.7 Å². The van der Waals surface area contributed by atoms with E-state index in [1.807, 2.05) is 60.7 Å². The quantitative estimate of drug-likeness (QED) is 0.282. The standard InChI is InChI=1S/C26H26O4/c27-26(30-25-9-5-2-6-10-25)22-13-17-24(18-14-22)29-19-28-23-15-11-21(12-16-23)20-7-3-1-4-8-20/h1-12,15-16,22,24H,13-14,17-19H2. The van der Waals surface area contributed by atoms with Gasteiger partial charge in [0.05, 0.1) is 12.0 Å². The van der Waals surface area contributed by atoms with Gasteiger partial charge in [-0.25, -0.2) is 0 Å². The Morgan fingerprint density at radius 1 is 0.700 bits per heavy atom. The molecule has 0 atom stereocenters. The van der Waals surface area contributed by atoms with E-state index in [1.165, 1.54) is 5.56 Å². The predicted molar refractivity (Wildman–Crippen MR) is 116 cm³/mol. The van der Waals surface area contributed by atoms with Gasteiger partial charge in [0.2, 0.25) is 0 Å². The molecule has 0 saturated heterocycles. The highest BCUT2D eigenvalue weighted by Gasteiger charge is 2.28. The lowest BCUT2D eigenvalue weighted by Crippen LogP contribution is -2.29. The number of benzene rings is 3. The van der Waals surface area contributed by atoms with Crippen molar-refractivity contribution in [2.45, 2.75) is 31.8 Å². The van der Waals surface area contributed by atoms with Crippen molar-refractivity contribution in [3.05, 3.63) is 84.9 Å². The molecular weight excluding hydrogens is 376 g/mol. The van der Waals surface area contributed by atoms with E-state index in [-0.39, 0.29) is 24.8 Å². The summed E-state index contributed by atoms with van der Waals surface area (Å²) in [6.07, 6.45) is 3.36. The van der Waals surface area contributed by atoms with Gasteiger partial charge in [-0.3, -0.25) is 4.79 Å². The van der Waals surface area contributed by atoms with Crippen molar-refractivity contribution in [3.63, 3.8) is 0 Å². The maximum atomic E-state index is 12.3. The summed E-state index contributed by atoms with van der Waals surface area (Å²) >= 11 is 0. The number of hydrogen-bond donors (Lipinski definition) is 0. The van der Waals surface area contributed by atoms with Crippen LogP contribution in [-0.2, 0) is 9.53 Å². The molecule has 3 aromatic carbocycles. The minimum absolute atomic E-state index is 0.0588. The molecule has 1 aliphatic carbocycles. The fraction of sp³-hybridized carbons (Fsp3) is 0.269. The van der Waals surface area contributed by atoms with Crippen LogP contribution in [0.2, 0.25) is 0 Å². The van der Waals surface area contributed by atoms with E-state index in [1.54, 1.807) is 12.1 Å². The van der Waals surface area contributed by atoms with E-state index in [9.17, 15) is 4.79 Å². The summed E-state index contributed by atoms with van der Waals surface area (Å²) in [6.45, 7) is 0.217. The normalized spacial score (nSPS) is 18.5. The molecule has 0 spiro atoms. The maximum absolute atomic E-state index is 12.3. The molecule has 4 rings (SSSR count). The van der Waals surface area contributed by atoms with Gasteiger partial charge in [0.15, 0.2) is 6.79 Å². The monoisotopic (exact) mass is 402 g/mol. The zero-order chi connectivity index (χ0) is 20.6. The lowest BCUT2D eigenvalue weighted by Gasteiger charge is -2.27. The highest BCUT2D eigenvalue weighted by atomic mass is 16.7. The summed E-state index contributed by atoms with van der Waals surface area (Å²) in [7, 11) is 0. The summed E-state index contributed by atoms with van der Waals surface area (Å²) in [4.78, 5) is 12.3. The molecule has 0 heterocycles. The molecule has 0 bridgehead atoms. The molecular formula is C26H26O4. The van der Waals surface area contributed by atoms with E-state index in [4.69, 9.17) is 14.2 Å². The lowest BCUT2D eigenvalue weighted by atomic mass is 9.87. The highest BCUT2D eigenvalue weighted by Crippen LogP contribution is 2.28. The van der Waals surface area contributed by atoms with E-state index >= 15 is 0 Å². The largest absolute Gasteiger partial charge is 0.468 e. The first kappa shape index (κ1) is 20.2. The molecule has 0 amide bonds. The van der Waals surface area contributed by atoms with E-state index in [0.29, 0.717) is 5.75 Å². The fourth-order valence-electron chi connectivity index (χ4n) is 3.73. The second-order valence-electron chi connectivity index (χ2n) is 7.53. The number of ether oxygens (including phenoxy) is 3. The first-order valence-corrected chi connectivity index (χ1v) is 10.4. The number of hydrogen-bond acceptors (Lipinski definition) is 4. The van der Waals surface area contributed by atoms with Crippen LogP contribution in [0.15, 0.2) is 84.9 Å². The third kappa shape index (κ3) is 5.49. The molecule has 0 aromatic heterocycles. The summed E-state index contributed by atoms with van der Waals surface area (Å²) in [5.41, 5.74) is 2.34. The summed E-state index contributed by atoms with van der Waals surface area (Å²) in [6, 6.07) is 27.5. The molecule has 1 fully saturated rings. The van der Waals surface area contributed by atoms with Gasteiger partial charge in [-0.2, -0.15) is 0 Å². The van der Waals surface area contributed by atoms with Crippen LogP contribution in [0.5, 0.6) is 11.5 Å². The van der Waals surface area contributed by atoms with Gasteiger partial charge in [-0.1, -0.05) is 60.7 Å². The number of carbonyl (C=O) groups excluding carboxylic acids is 1. The zero-order valence-corrected chi connectivity index (χ0v) is 16.9. The third-order valence-electron chi connectivity index (χ3n) is 5.46. The van der Waals surface area contributed by atoms with Crippen molar-refractivity contribution in [2.24, 2.45) is 5.92 Å². The Hall–Kier alpha value is -3.11. The molecule has 0 aliphatic heterocycles. The third-order valence-corrected chi connectivity index (χ3v) is 5.46. The minimum Gasteiger partial charge on any atom is -0.468 e. The van der Waals surface area contributed by atoms with Crippen LogP contribution >= 0.6 is 0 Å². The Kier molecular flexibility index (Phi) is 6.78. The number of rotatable bonds is 7. The first-order chi connectivity index (χ1) is 14.8. The van der Waals surface area contributed by atoms with Crippen LogP contribution < -0.4 is 9.47 Å². The highest BCUT2D eigenvalue weighted by molar-refractivity contribution is 5.75. The minimum atomic E-state index is -0.144. The number of para-hydroxylation sites is 1. The molecule has 1 saturated carbocycles. The van der Waals surface area contributed by atoms with Gasteiger partial charge >= 0.3 is 5.97 Å². The Morgan fingerprint density at radius 2 is 1.30 bits per heavy atom. The van der Waals surface area contributed by atoms with Gasteiger partial charge in [0, 0.05) is 0 Å². The van der Waals surface area contributed by atoms with Crippen LogP contribution in [0.25, 0.3) is 11.1 Å². The molecule has 4 heteroatoms. The average molecular weight is 402 g/mol. The molecule has 0 unspecified atom stereocenters. The Bertz CT molecular complexity index is 914. The van der Waals surface area contributed by atoms with Crippen molar-refractivity contribution < 1.29 is 19.0 Å². The summed E-state index contributed by atoms with van der Waals surface area (Å²) in [5, 5.41) is 0. The zero-order valence-electron chi connectivity index (χ0n) is 16.9. The van der Waals surface area contributed by atoms with Crippen LogP contribution in [0.3, 0.4) is 0 Å². The molecule has 0 N–H and O–H groups in total. The second kappa shape index (κ2) is 10.1. The van der Waals surface area contributed by atoms with Crippen LogP contribution in [0.4, 0.5) is 0 Å². The summed E-state index contributed by atoms with van der Waals surface area (Å²) < 4.78 is 17.1. The Balaban J connectivity index is 1.17. The van der Waals surface area contributed by atoms with Crippen molar-refractivity contribution in [1.29, 1.82) is 0 Å². The average Bonchev–Trinajstić information content (AvgIpc) is 2.81. The molecule has 30 heavy (non-hydrogen) atoms. The number of carbonyl (C=O) groups is 1. The first-order valence-electron chi connectivity index (χ1n) is 10.4. The van der Waals surface area contributed by atoms with E-state index < -0.39 is 0 Å². The van der Waals surface area contributed by atoms with Gasteiger partial charge < -0.3 is 14.2 Å². The van der Waals surface area contributed by atoms with Crippen molar-refractivity contribution in [2.75, 3.05) is 6.79 Å². The predicted octanol–water partition coefficient (Wildman–Crippen LogP) is 5.87.